The van der Waals surface area contributed by atoms with Crippen LogP contribution in [-0.2, 0) is 31.1 Å². The van der Waals surface area contributed by atoms with Gasteiger partial charge in [0.05, 0.1) is 30.8 Å². The fourth-order valence-electron chi connectivity index (χ4n) is 5.40. The van der Waals surface area contributed by atoms with Crippen LogP contribution >= 0.6 is 0 Å². The summed E-state index contributed by atoms with van der Waals surface area (Å²) in [7, 11) is -3.64. The van der Waals surface area contributed by atoms with Gasteiger partial charge in [0.25, 0.3) is 10.1 Å². The molecule has 0 spiro atoms. The summed E-state index contributed by atoms with van der Waals surface area (Å²) in [5.74, 6) is -2.23. The van der Waals surface area contributed by atoms with E-state index in [1.165, 1.54) is 0 Å². The van der Waals surface area contributed by atoms with Gasteiger partial charge in [0.15, 0.2) is 0 Å². The quantitative estimate of drug-likeness (QED) is 0.251. The van der Waals surface area contributed by atoms with Crippen molar-refractivity contribution in [2.45, 2.75) is 12.0 Å². The highest BCUT2D eigenvalue weighted by molar-refractivity contribution is 7.85. The van der Waals surface area contributed by atoms with Crippen molar-refractivity contribution in [1.82, 2.24) is 9.55 Å². The molecule has 7 nitrogen and oxygen atoms in total. The number of hydrogen-bond acceptors (Lipinski definition) is 5. The first-order chi connectivity index (χ1) is 17.8. The molecule has 1 N–H and O–H groups in total. The zero-order valence-electron chi connectivity index (χ0n) is 20.3. The lowest BCUT2D eigenvalue weighted by molar-refractivity contribution is -0.139. The van der Waals surface area contributed by atoms with Crippen LogP contribution in [0.4, 0.5) is 0 Å². The molecular formula is C29H28N2O5S. The number of carboxylic acids is 1. The van der Waals surface area contributed by atoms with Gasteiger partial charge in [-0.3, -0.25) is 8.98 Å². The summed E-state index contributed by atoms with van der Waals surface area (Å²) in [6.07, 6.45) is 5.15. The topological polar surface area (TPSA) is 98.5 Å². The van der Waals surface area contributed by atoms with Crippen LogP contribution in [0.15, 0.2) is 104 Å². The zero-order valence-corrected chi connectivity index (χ0v) is 21.2. The molecule has 1 fully saturated rings. The maximum Gasteiger partial charge on any atom is 0.307 e. The van der Waals surface area contributed by atoms with Gasteiger partial charge in [-0.15, -0.1) is 0 Å². The van der Waals surface area contributed by atoms with E-state index in [4.69, 9.17) is 4.18 Å². The molecule has 3 aromatic carbocycles. The Labute approximate surface area is 216 Å². The van der Waals surface area contributed by atoms with E-state index in [2.05, 4.69) is 45.9 Å². The number of carbonyl (C=O) groups is 1. The highest BCUT2D eigenvalue weighted by Gasteiger charge is 2.55. The summed E-state index contributed by atoms with van der Waals surface area (Å²) in [5, 5.41) is 9.65. The Morgan fingerprint density at radius 3 is 1.81 bits per heavy atom. The highest BCUT2D eigenvalue weighted by atomic mass is 32.2. The van der Waals surface area contributed by atoms with Crippen LogP contribution in [0.3, 0.4) is 0 Å². The fraction of sp³-hybridized carbons (Fsp3) is 0.241. The lowest BCUT2D eigenvalue weighted by atomic mass is 9.77. The van der Waals surface area contributed by atoms with Crippen molar-refractivity contribution in [2.24, 2.45) is 17.8 Å². The molecular weight excluding hydrogens is 488 g/mol. The molecule has 3 atom stereocenters. The molecule has 190 valence electrons. The van der Waals surface area contributed by atoms with E-state index < -0.39 is 27.5 Å². The maximum absolute atomic E-state index is 11.8. The van der Waals surface area contributed by atoms with E-state index in [1.807, 2.05) is 60.8 Å². The average Bonchev–Trinajstić information content (AvgIpc) is 3.39. The standard InChI is InChI=1S/C29H28N2O5S/c1-37(34,35)36-19-26-25(27(26)28(32)33)17-24-18-31(20-30-24)29(21-11-5-2-6-12-21,22-13-7-3-8-14-22)23-15-9-4-10-16-23/h2-16,18,20,25-27H,17,19H2,1H3,(H,32,33). The minimum atomic E-state index is -3.64. The molecule has 0 aliphatic heterocycles. The Hall–Kier alpha value is -3.75. The predicted molar refractivity (Wildman–Crippen MR) is 139 cm³/mol. The SMILES string of the molecule is CS(=O)(=O)OCC1C(Cc2cn(C(c3ccccc3)(c3ccccc3)c3ccccc3)cn2)C1C(=O)O. The van der Waals surface area contributed by atoms with Gasteiger partial charge in [0.1, 0.15) is 5.54 Å². The van der Waals surface area contributed by atoms with Gasteiger partial charge in [0.2, 0.25) is 0 Å². The van der Waals surface area contributed by atoms with Crippen molar-refractivity contribution in [3.05, 3.63) is 126 Å². The molecule has 5 rings (SSSR count). The van der Waals surface area contributed by atoms with Crippen molar-refractivity contribution < 1.29 is 22.5 Å². The number of benzene rings is 3. The molecule has 1 aliphatic rings. The van der Waals surface area contributed by atoms with Gasteiger partial charge in [-0.05, 0) is 29.0 Å². The van der Waals surface area contributed by atoms with Crippen molar-refractivity contribution in [3.63, 3.8) is 0 Å². The molecule has 0 bridgehead atoms. The number of aliphatic carboxylic acids is 1. The third-order valence-electron chi connectivity index (χ3n) is 7.13. The van der Waals surface area contributed by atoms with Crippen LogP contribution < -0.4 is 0 Å². The van der Waals surface area contributed by atoms with E-state index in [9.17, 15) is 18.3 Å². The van der Waals surface area contributed by atoms with Gasteiger partial charge < -0.3 is 9.67 Å². The molecule has 37 heavy (non-hydrogen) atoms. The fourth-order valence-corrected chi connectivity index (χ4v) is 5.80. The number of imidazole rings is 1. The summed E-state index contributed by atoms with van der Waals surface area (Å²) in [5.41, 5.74) is 3.22. The molecule has 0 amide bonds. The van der Waals surface area contributed by atoms with Crippen molar-refractivity contribution in [2.75, 3.05) is 12.9 Å². The molecule has 0 radical (unpaired) electrons. The normalized spacial score (nSPS) is 19.4. The number of aromatic nitrogens is 2. The van der Waals surface area contributed by atoms with Gasteiger partial charge in [-0.1, -0.05) is 91.0 Å². The van der Waals surface area contributed by atoms with Crippen molar-refractivity contribution in [3.8, 4) is 0 Å². The predicted octanol–water partition coefficient (Wildman–Crippen LogP) is 4.19. The van der Waals surface area contributed by atoms with Crippen molar-refractivity contribution >= 4 is 16.1 Å². The van der Waals surface area contributed by atoms with Crippen LogP contribution in [0.25, 0.3) is 0 Å². The van der Waals surface area contributed by atoms with Crippen LogP contribution in [0.2, 0.25) is 0 Å². The number of hydrogen-bond donors (Lipinski definition) is 1. The number of nitrogens with zero attached hydrogens (tertiary/aromatic N) is 2. The van der Waals surface area contributed by atoms with E-state index in [0.29, 0.717) is 6.42 Å². The second kappa shape index (κ2) is 9.95. The van der Waals surface area contributed by atoms with Crippen LogP contribution in [-0.4, -0.2) is 41.9 Å². The highest BCUT2D eigenvalue weighted by Crippen LogP contribution is 2.49. The zero-order chi connectivity index (χ0) is 26.0. The maximum atomic E-state index is 11.8. The van der Waals surface area contributed by atoms with E-state index in [1.54, 1.807) is 6.33 Å². The van der Waals surface area contributed by atoms with Crippen LogP contribution in [0, 0.1) is 17.8 Å². The summed E-state index contributed by atoms with van der Waals surface area (Å²) < 4.78 is 29.9. The third kappa shape index (κ3) is 4.95. The Morgan fingerprint density at radius 1 is 0.892 bits per heavy atom. The van der Waals surface area contributed by atoms with Gasteiger partial charge in [-0.25, -0.2) is 4.98 Å². The smallest absolute Gasteiger partial charge is 0.307 e. The Balaban J connectivity index is 1.55. The third-order valence-corrected chi connectivity index (χ3v) is 7.70. The Bertz CT molecular complexity index is 1370. The van der Waals surface area contributed by atoms with Gasteiger partial charge in [0, 0.05) is 12.1 Å². The van der Waals surface area contributed by atoms with Gasteiger partial charge in [-0.2, -0.15) is 8.42 Å². The lowest BCUT2D eigenvalue weighted by Gasteiger charge is -2.37. The molecule has 8 heteroatoms. The summed E-state index contributed by atoms with van der Waals surface area (Å²) in [6.45, 7) is -0.136. The summed E-state index contributed by atoms with van der Waals surface area (Å²) in [4.78, 5) is 16.5. The van der Waals surface area contributed by atoms with E-state index >= 15 is 0 Å². The average molecular weight is 517 g/mol. The lowest BCUT2D eigenvalue weighted by Crippen LogP contribution is -2.36. The largest absolute Gasteiger partial charge is 0.481 e. The van der Waals surface area contributed by atoms with E-state index in [-0.39, 0.29) is 18.4 Å². The molecule has 4 aromatic rings. The summed E-state index contributed by atoms with van der Waals surface area (Å²) in [6, 6.07) is 30.6. The number of carboxylic acid groups (broad SMARTS) is 1. The van der Waals surface area contributed by atoms with Gasteiger partial charge >= 0.3 is 5.97 Å². The van der Waals surface area contributed by atoms with Crippen molar-refractivity contribution in [1.29, 1.82) is 0 Å². The second-order valence-corrected chi connectivity index (χ2v) is 11.1. The first-order valence-electron chi connectivity index (χ1n) is 12.1. The first kappa shape index (κ1) is 24.9. The molecule has 3 unspecified atom stereocenters. The molecule has 0 saturated heterocycles. The molecule has 1 aromatic heterocycles. The summed E-state index contributed by atoms with van der Waals surface area (Å²) >= 11 is 0. The van der Waals surface area contributed by atoms with Crippen LogP contribution in [0.5, 0.6) is 0 Å². The minimum absolute atomic E-state index is 0.136. The molecule has 1 heterocycles. The second-order valence-electron chi connectivity index (χ2n) is 9.47. The minimum Gasteiger partial charge on any atom is -0.481 e. The van der Waals surface area contributed by atoms with E-state index in [0.717, 1.165) is 28.6 Å². The first-order valence-corrected chi connectivity index (χ1v) is 13.9. The molecule has 1 aliphatic carbocycles. The van der Waals surface area contributed by atoms with Crippen LogP contribution in [0.1, 0.15) is 22.4 Å². The number of rotatable bonds is 10. The monoisotopic (exact) mass is 516 g/mol. The Kier molecular flexibility index (Phi) is 6.70. The Morgan fingerprint density at radius 2 is 1.38 bits per heavy atom. The molecule has 1 saturated carbocycles.